The minimum atomic E-state index is -0.155. The van der Waals surface area contributed by atoms with Crippen molar-refractivity contribution in [3.05, 3.63) is 35.9 Å². The molecule has 1 atom stereocenters. The van der Waals surface area contributed by atoms with E-state index < -0.39 is 0 Å². The van der Waals surface area contributed by atoms with Crippen LogP contribution in [0.25, 0.3) is 0 Å². The van der Waals surface area contributed by atoms with Crippen LogP contribution in [0.5, 0.6) is 0 Å². The van der Waals surface area contributed by atoms with Crippen LogP contribution < -0.4 is 10.6 Å². The molecule has 1 aliphatic rings. The molecule has 0 unspecified atom stereocenters. The lowest BCUT2D eigenvalue weighted by Crippen LogP contribution is -2.49. The van der Waals surface area contributed by atoms with Crippen LogP contribution in [0.3, 0.4) is 0 Å². The Morgan fingerprint density at radius 2 is 1.92 bits per heavy atom. The van der Waals surface area contributed by atoms with E-state index >= 15 is 0 Å². The fraction of sp³-hybridized carbons (Fsp3) is 0.632. The van der Waals surface area contributed by atoms with Gasteiger partial charge in [0.15, 0.2) is 0 Å². The molecule has 0 saturated carbocycles. The van der Waals surface area contributed by atoms with Gasteiger partial charge in [0.2, 0.25) is 0 Å². The third-order valence-electron chi connectivity index (χ3n) is 4.47. The number of piperidine rings is 1. The van der Waals surface area contributed by atoms with E-state index in [1.165, 1.54) is 0 Å². The number of nitrogens with zero attached hydrogens (tertiary/aromatic N) is 1. The molecule has 5 heteroatoms. The second-order valence-electron chi connectivity index (χ2n) is 7.06. The van der Waals surface area contributed by atoms with Gasteiger partial charge in [-0.1, -0.05) is 44.2 Å². The second-order valence-corrected chi connectivity index (χ2v) is 7.06. The first-order valence-corrected chi connectivity index (χ1v) is 9.03. The first-order valence-electron chi connectivity index (χ1n) is 9.03. The number of hydrogen-bond acceptors (Lipinski definition) is 3. The molecule has 1 aromatic rings. The third-order valence-corrected chi connectivity index (χ3v) is 4.47. The summed E-state index contributed by atoms with van der Waals surface area (Å²) in [5.74, 6) is 0.683. The van der Waals surface area contributed by atoms with Crippen molar-refractivity contribution in [2.24, 2.45) is 5.92 Å². The Morgan fingerprint density at radius 3 is 2.50 bits per heavy atom. The standard InChI is InChI=1S/C19H31N3O2/c1-15(2)14-22-11-8-17(9-12-22)20-19(24)21-18(10-13-23)16-6-4-3-5-7-16/h3-7,15,17-18,23H,8-14H2,1-2H3,(H2,20,21,24)/t18-/m1/s1. The molecule has 1 aromatic carbocycles. The van der Waals surface area contributed by atoms with Gasteiger partial charge in [0.1, 0.15) is 0 Å². The summed E-state index contributed by atoms with van der Waals surface area (Å²) in [7, 11) is 0. The van der Waals surface area contributed by atoms with Gasteiger partial charge in [0, 0.05) is 32.3 Å². The summed E-state index contributed by atoms with van der Waals surface area (Å²) in [5, 5.41) is 15.4. The first-order chi connectivity index (χ1) is 11.6. The quantitative estimate of drug-likeness (QED) is 0.718. The molecular formula is C19H31N3O2. The summed E-state index contributed by atoms with van der Waals surface area (Å²) in [5.41, 5.74) is 1.02. The Hall–Kier alpha value is -1.59. The molecule has 5 nitrogen and oxygen atoms in total. The SMILES string of the molecule is CC(C)CN1CCC(NC(=O)N[C@H](CCO)c2ccccc2)CC1. The predicted molar refractivity (Wildman–Crippen MR) is 96.9 cm³/mol. The van der Waals surface area contributed by atoms with Gasteiger partial charge in [0.25, 0.3) is 0 Å². The normalized spacial score (nSPS) is 17.7. The van der Waals surface area contributed by atoms with E-state index in [0.29, 0.717) is 12.3 Å². The minimum Gasteiger partial charge on any atom is -0.396 e. The average Bonchev–Trinajstić information content (AvgIpc) is 2.56. The molecule has 24 heavy (non-hydrogen) atoms. The van der Waals surface area contributed by atoms with E-state index in [4.69, 9.17) is 0 Å². The highest BCUT2D eigenvalue weighted by molar-refractivity contribution is 5.74. The Morgan fingerprint density at radius 1 is 1.25 bits per heavy atom. The van der Waals surface area contributed by atoms with E-state index in [-0.39, 0.29) is 24.7 Å². The molecule has 0 bridgehead atoms. The van der Waals surface area contributed by atoms with Gasteiger partial charge >= 0.3 is 6.03 Å². The minimum absolute atomic E-state index is 0.0490. The van der Waals surface area contributed by atoms with Crippen LogP contribution in [0.2, 0.25) is 0 Å². The first kappa shape index (κ1) is 18.7. The van der Waals surface area contributed by atoms with E-state index in [0.717, 1.165) is 38.0 Å². The van der Waals surface area contributed by atoms with Gasteiger partial charge in [0.05, 0.1) is 6.04 Å². The lowest BCUT2D eigenvalue weighted by atomic mass is 10.0. The van der Waals surface area contributed by atoms with E-state index in [2.05, 4.69) is 29.4 Å². The summed E-state index contributed by atoms with van der Waals surface area (Å²) in [6.07, 6.45) is 2.51. The zero-order valence-electron chi connectivity index (χ0n) is 14.9. The van der Waals surface area contributed by atoms with Gasteiger partial charge in [-0.2, -0.15) is 0 Å². The monoisotopic (exact) mass is 333 g/mol. The molecule has 2 rings (SSSR count). The fourth-order valence-electron chi connectivity index (χ4n) is 3.30. The smallest absolute Gasteiger partial charge is 0.315 e. The number of hydrogen-bond donors (Lipinski definition) is 3. The molecule has 1 heterocycles. The maximum absolute atomic E-state index is 12.3. The molecule has 3 N–H and O–H groups in total. The van der Waals surface area contributed by atoms with Gasteiger partial charge in [-0.3, -0.25) is 0 Å². The number of urea groups is 1. The molecular weight excluding hydrogens is 302 g/mol. The van der Waals surface area contributed by atoms with E-state index in [1.807, 2.05) is 30.3 Å². The van der Waals surface area contributed by atoms with Gasteiger partial charge in [-0.05, 0) is 30.7 Å². The fourth-order valence-corrected chi connectivity index (χ4v) is 3.30. The summed E-state index contributed by atoms with van der Waals surface area (Å²) in [6.45, 7) is 7.74. The Balaban J connectivity index is 1.79. The molecule has 0 aromatic heterocycles. The maximum atomic E-state index is 12.3. The molecule has 0 aliphatic carbocycles. The van der Waals surface area contributed by atoms with Crippen molar-refractivity contribution < 1.29 is 9.90 Å². The Kier molecular flexibility index (Phi) is 7.53. The lowest BCUT2D eigenvalue weighted by Gasteiger charge is -2.33. The summed E-state index contributed by atoms with van der Waals surface area (Å²) >= 11 is 0. The summed E-state index contributed by atoms with van der Waals surface area (Å²) < 4.78 is 0. The van der Waals surface area contributed by atoms with Crippen molar-refractivity contribution in [1.29, 1.82) is 0 Å². The van der Waals surface area contributed by atoms with Crippen LogP contribution in [-0.2, 0) is 0 Å². The molecule has 1 saturated heterocycles. The van der Waals surface area contributed by atoms with Crippen molar-refractivity contribution in [1.82, 2.24) is 15.5 Å². The predicted octanol–water partition coefficient (Wildman–Crippen LogP) is 2.53. The van der Waals surface area contributed by atoms with Gasteiger partial charge in [-0.15, -0.1) is 0 Å². The van der Waals surface area contributed by atoms with Crippen LogP contribution >= 0.6 is 0 Å². The van der Waals surface area contributed by atoms with Crippen LogP contribution in [0, 0.1) is 5.92 Å². The topological polar surface area (TPSA) is 64.6 Å². The van der Waals surface area contributed by atoms with Crippen molar-refractivity contribution in [3.8, 4) is 0 Å². The maximum Gasteiger partial charge on any atom is 0.315 e. The van der Waals surface area contributed by atoms with Crippen molar-refractivity contribution in [2.75, 3.05) is 26.2 Å². The number of benzene rings is 1. The summed E-state index contributed by atoms with van der Waals surface area (Å²) in [6, 6.07) is 9.74. The zero-order valence-corrected chi connectivity index (χ0v) is 14.9. The number of rotatable bonds is 7. The highest BCUT2D eigenvalue weighted by Gasteiger charge is 2.22. The lowest BCUT2D eigenvalue weighted by molar-refractivity contribution is 0.176. The zero-order chi connectivity index (χ0) is 17.4. The number of likely N-dealkylation sites (tertiary alicyclic amines) is 1. The van der Waals surface area contributed by atoms with E-state index in [1.54, 1.807) is 0 Å². The molecule has 1 fully saturated rings. The molecule has 1 aliphatic heterocycles. The van der Waals surface area contributed by atoms with Gasteiger partial charge in [-0.25, -0.2) is 4.79 Å². The Labute approximate surface area is 145 Å². The van der Waals surface area contributed by atoms with Crippen LogP contribution in [-0.4, -0.2) is 48.3 Å². The molecule has 0 radical (unpaired) electrons. The highest BCUT2D eigenvalue weighted by atomic mass is 16.3. The number of aliphatic hydroxyl groups excluding tert-OH is 1. The number of nitrogens with one attached hydrogen (secondary N) is 2. The van der Waals surface area contributed by atoms with Crippen molar-refractivity contribution >= 4 is 6.03 Å². The van der Waals surface area contributed by atoms with Crippen molar-refractivity contribution in [3.63, 3.8) is 0 Å². The van der Waals surface area contributed by atoms with Crippen LogP contribution in [0.4, 0.5) is 4.79 Å². The third kappa shape index (κ3) is 6.13. The highest BCUT2D eigenvalue weighted by Crippen LogP contribution is 2.16. The summed E-state index contributed by atoms with van der Waals surface area (Å²) in [4.78, 5) is 14.8. The number of carbonyl (C=O) groups excluding carboxylic acids is 1. The van der Waals surface area contributed by atoms with Crippen LogP contribution in [0.15, 0.2) is 30.3 Å². The van der Waals surface area contributed by atoms with Crippen LogP contribution in [0.1, 0.15) is 44.7 Å². The largest absolute Gasteiger partial charge is 0.396 e. The molecule has 0 spiro atoms. The second kappa shape index (κ2) is 9.64. The van der Waals surface area contributed by atoms with E-state index in [9.17, 15) is 9.90 Å². The molecule has 134 valence electrons. The number of amides is 2. The molecule has 2 amide bonds. The number of aliphatic hydroxyl groups is 1. The number of carbonyl (C=O) groups is 1. The van der Waals surface area contributed by atoms with Gasteiger partial charge < -0.3 is 20.6 Å². The Bertz CT molecular complexity index is 485. The average molecular weight is 333 g/mol. The van der Waals surface area contributed by atoms with Crippen molar-refractivity contribution in [2.45, 2.75) is 45.2 Å².